The first kappa shape index (κ1) is 18.6. The fourth-order valence-corrected chi connectivity index (χ4v) is 3.96. The Morgan fingerprint density at radius 3 is 2.50 bits per heavy atom. The zero-order chi connectivity index (χ0) is 17.6. The predicted molar refractivity (Wildman–Crippen MR) is 99.6 cm³/mol. The molecule has 1 aromatic rings. The maximum absolute atomic E-state index is 12.2. The number of anilines is 1. The van der Waals surface area contributed by atoms with Crippen molar-refractivity contribution in [2.24, 2.45) is 4.99 Å². The van der Waals surface area contributed by atoms with Crippen LogP contribution >= 0.6 is 11.8 Å². The number of rotatable bonds is 3. The Hall–Kier alpha value is -1.72. The van der Waals surface area contributed by atoms with E-state index in [2.05, 4.69) is 15.2 Å². The van der Waals surface area contributed by atoms with E-state index in [1.807, 2.05) is 12.4 Å². The van der Waals surface area contributed by atoms with Gasteiger partial charge in [-0.2, -0.15) is 5.26 Å². The lowest BCUT2D eigenvalue weighted by atomic mass is 10.2. The number of nitrogens with zero attached hydrogens (tertiary/aromatic N) is 3. The largest absolute Gasteiger partial charge is 0.370 e. The predicted octanol–water partition coefficient (Wildman–Crippen LogP) is 2.89. The van der Waals surface area contributed by atoms with Crippen LogP contribution in [0.1, 0.15) is 25.7 Å². The molecule has 0 spiro atoms. The van der Waals surface area contributed by atoms with Crippen LogP contribution in [-0.2, 0) is 9.84 Å². The fraction of sp³-hybridized carbons (Fsp3) is 0.500. The summed E-state index contributed by atoms with van der Waals surface area (Å²) in [5.74, 6) is 0. The van der Waals surface area contributed by atoms with Crippen LogP contribution < -0.4 is 10.2 Å². The SMILES string of the molecule is CSC(=Nc1ccc(S(C)(=O)=O)c(N2CCCCCC2)c1)NC#N. The summed E-state index contributed by atoms with van der Waals surface area (Å²) in [6, 6.07) is 5.09. The molecule has 0 atom stereocenters. The first-order chi connectivity index (χ1) is 11.5. The van der Waals surface area contributed by atoms with Crippen LogP contribution in [0.15, 0.2) is 28.1 Å². The van der Waals surface area contributed by atoms with E-state index in [0.29, 0.717) is 21.4 Å². The number of sulfone groups is 1. The first-order valence-corrected chi connectivity index (χ1v) is 10.9. The molecule has 0 radical (unpaired) electrons. The smallest absolute Gasteiger partial charge is 0.183 e. The van der Waals surface area contributed by atoms with Gasteiger partial charge in [0, 0.05) is 19.3 Å². The first-order valence-electron chi connectivity index (χ1n) is 7.82. The summed E-state index contributed by atoms with van der Waals surface area (Å²) in [6.45, 7) is 1.70. The van der Waals surface area contributed by atoms with Crippen molar-refractivity contribution < 1.29 is 8.42 Å². The van der Waals surface area contributed by atoms with Crippen LogP contribution in [0.4, 0.5) is 11.4 Å². The quantitative estimate of drug-likeness (QED) is 0.383. The van der Waals surface area contributed by atoms with Crippen molar-refractivity contribution in [1.82, 2.24) is 5.32 Å². The van der Waals surface area contributed by atoms with Gasteiger partial charge in [-0.3, -0.25) is 5.32 Å². The average molecular weight is 367 g/mol. The zero-order valence-corrected chi connectivity index (χ0v) is 15.6. The molecule has 1 N–H and O–H groups in total. The number of nitriles is 1. The highest BCUT2D eigenvalue weighted by atomic mass is 32.2. The lowest BCUT2D eigenvalue weighted by molar-refractivity contribution is 0.601. The van der Waals surface area contributed by atoms with Gasteiger partial charge in [-0.1, -0.05) is 24.6 Å². The molecule has 24 heavy (non-hydrogen) atoms. The topological polar surface area (TPSA) is 85.6 Å². The minimum atomic E-state index is -3.32. The highest BCUT2D eigenvalue weighted by molar-refractivity contribution is 8.13. The number of amidine groups is 1. The van der Waals surface area contributed by atoms with Gasteiger partial charge >= 0.3 is 0 Å². The molecule has 6 nitrogen and oxygen atoms in total. The molecule has 0 unspecified atom stereocenters. The van der Waals surface area contributed by atoms with Crippen LogP contribution in [0.3, 0.4) is 0 Å². The van der Waals surface area contributed by atoms with Crippen LogP contribution in [-0.4, -0.2) is 39.2 Å². The lowest BCUT2D eigenvalue weighted by Gasteiger charge is -2.25. The molecule has 1 aromatic carbocycles. The Morgan fingerprint density at radius 2 is 1.96 bits per heavy atom. The van der Waals surface area contributed by atoms with E-state index in [0.717, 1.165) is 25.9 Å². The van der Waals surface area contributed by atoms with Crippen molar-refractivity contribution >= 4 is 38.1 Å². The Bertz CT molecular complexity index is 746. The standard InChI is InChI=1S/C16H22N4O2S2/c1-23-16(18-12-17)19-13-7-8-15(24(2,21)22)14(11-13)20-9-5-3-4-6-10-20/h7-8,11H,3-6,9-10H2,1-2H3,(H,18,19). The van der Waals surface area contributed by atoms with Gasteiger partial charge in [-0.25, -0.2) is 13.4 Å². The maximum atomic E-state index is 12.2. The second-order valence-electron chi connectivity index (χ2n) is 5.68. The Kier molecular flexibility index (Phi) is 6.52. The molecule has 0 amide bonds. The average Bonchev–Trinajstić information content (AvgIpc) is 2.82. The second kappa shape index (κ2) is 8.40. The molecule has 1 saturated heterocycles. The molecule has 130 valence electrons. The molecular weight excluding hydrogens is 344 g/mol. The number of aliphatic imine (C=N–C) groups is 1. The minimum Gasteiger partial charge on any atom is -0.370 e. The van der Waals surface area contributed by atoms with Crippen molar-refractivity contribution in [1.29, 1.82) is 5.26 Å². The normalized spacial score (nSPS) is 16.4. The third-order valence-electron chi connectivity index (χ3n) is 3.88. The summed E-state index contributed by atoms with van der Waals surface area (Å²) in [4.78, 5) is 6.87. The summed E-state index contributed by atoms with van der Waals surface area (Å²) in [5, 5.41) is 11.7. The van der Waals surface area contributed by atoms with E-state index in [1.165, 1.54) is 30.9 Å². The molecule has 1 aliphatic heterocycles. The van der Waals surface area contributed by atoms with E-state index in [-0.39, 0.29) is 0 Å². The zero-order valence-electron chi connectivity index (χ0n) is 13.9. The molecule has 0 aliphatic carbocycles. The molecule has 0 aromatic heterocycles. The van der Waals surface area contributed by atoms with E-state index in [1.54, 1.807) is 18.2 Å². The second-order valence-corrected chi connectivity index (χ2v) is 8.46. The van der Waals surface area contributed by atoms with Crippen LogP contribution in [0.25, 0.3) is 0 Å². The fourth-order valence-electron chi connectivity index (χ4n) is 2.74. The van der Waals surface area contributed by atoms with Gasteiger partial charge in [0.1, 0.15) is 0 Å². The number of benzene rings is 1. The third-order valence-corrected chi connectivity index (χ3v) is 5.60. The highest BCUT2D eigenvalue weighted by Gasteiger charge is 2.20. The third kappa shape index (κ3) is 4.89. The molecule has 1 heterocycles. The van der Waals surface area contributed by atoms with Gasteiger partial charge < -0.3 is 4.90 Å². The number of hydrogen-bond donors (Lipinski definition) is 1. The summed E-state index contributed by atoms with van der Waals surface area (Å²) in [7, 11) is -3.32. The van der Waals surface area contributed by atoms with Crippen molar-refractivity contribution in [2.75, 3.05) is 30.5 Å². The van der Waals surface area contributed by atoms with Crippen LogP contribution in [0.2, 0.25) is 0 Å². The monoisotopic (exact) mass is 366 g/mol. The van der Waals surface area contributed by atoms with Crippen molar-refractivity contribution in [3.05, 3.63) is 18.2 Å². The molecule has 1 aliphatic rings. The van der Waals surface area contributed by atoms with Crippen molar-refractivity contribution in [3.63, 3.8) is 0 Å². The number of nitrogens with one attached hydrogen (secondary N) is 1. The van der Waals surface area contributed by atoms with E-state index < -0.39 is 9.84 Å². The van der Waals surface area contributed by atoms with E-state index in [4.69, 9.17) is 5.26 Å². The molecule has 2 rings (SSSR count). The van der Waals surface area contributed by atoms with E-state index >= 15 is 0 Å². The van der Waals surface area contributed by atoms with Crippen LogP contribution in [0.5, 0.6) is 0 Å². The Balaban J connectivity index is 2.47. The summed E-state index contributed by atoms with van der Waals surface area (Å²) in [6.07, 6.45) is 9.37. The molecular formula is C16H22N4O2S2. The summed E-state index contributed by atoms with van der Waals surface area (Å²) < 4.78 is 24.3. The number of thioether (sulfide) groups is 1. The van der Waals surface area contributed by atoms with Gasteiger partial charge in [0.25, 0.3) is 0 Å². The summed E-state index contributed by atoms with van der Waals surface area (Å²) in [5.41, 5.74) is 1.34. The van der Waals surface area contributed by atoms with Crippen LogP contribution in [0, 0.1) is 11.5 Å². The minimum absolute atomic E-state index is 0.335. The molecule has 1 fully saturated rings. The molecule has 0 saturated carbocycles. The molecule has 8 heteroatoms. The van der Waals surface area contributed by atoms with Gasteiger partial charge in [-0.15, -0.1) is 0 Å². The Labute approximate surface area is 147 Å². The number of hydrogen-bond acceptors (Lipinski definition) is 6. The van der Waals surface area contributed by atoms with E-state index in [9.17, 15) is 8.42 Å². The lowest BCUT2D eigenvalue weighted by Crippen LogP contribution is -2.25. The van der Waals surface area contributed by atoms with Gasteiger partial charge in [0.2, 0.25) is 0 Å². The van der Waals surface area contributed by atoms with Gasteiger partial charge in [0.05, 0.1) is 16.3 Å². The van der Waals surface area contributed by atoms with Gasteiger partial charge in [-0.05, 0) is 37.3 Å². The van der Waals surface area contributed by atoms with Gasteiger partial charge in [0.15, 0.2) is 21.2 Å². The van der Waals surface area contributed by atoms with Crippen molar-refractivity contribution in [3.8, 4) is 6.19 Å². The van der Waals surface area contributed by atoms with Crippen molar-refractivity contribution in [2.45, 2.75) is 30.6 Å². The maximum Gasteiger partial charge on any atom is 0.183 e. The molecule has 0 bridgehead atoms. The Morgan fingerprint density at radius 1 is 1.29 bits per heavy atom. The summed E-state index contributed by atoms with van der Waals surface area (Å²) >= 11 is 1.33. The highest BCUT2D eigenvalue weighted by Crippen LogP contribution is 2.32.